The van der Waals surface area contributed by atoms with E-state index in [1.165, 1.54) is 12.1 Å². The van der Waals surface area contributed by atoms with Crippen LogP contribution in [0.5, 0.6) is 0 Å². The van der Waals surface area contributed by atoms with Gasteiger partial charge in [0.05, 0.1) is 5.41 Å². The molecular formula is C20H22F2N2O3. The molecule has 0 radical (unpaired) electrons. The normalized spacial score (nSPS) is 19.4. The van der Waals surface area contributed by atoms with E-state index in [1.54, 1.807) is 6.07 Å². The molecule has 1 amide bonds. The first-order valence-corrected chi connectivity index (χ1v) is 9.36. The SMILES string of the molecule is O=C(N1CCCC1)C1(Cc2cc(-c3ccc(F)cc3F)no2)CCOCC1. The van der Waals surface area contributed by atoms with Crippen molar-refractivity contribution in [3.8, 4) is 11.3 Å². The lowest BCUT2D eigenvalue weighted by Gasteiger charge is -2.38. The van der Waals surface area contributed by atoms with E-state index >= 15 is 0 Å². The molecule has 0 atom stereocenters. The van der Waals surface area contributed by atoms with Crippen molar-refractivity contribution in [2.24, 2.45) is 5.41 Å². The van der Waals surface area contributed by atoms with Crippen molar-refractivity contribution in [2.75, 3.05) is 26.3 Å². The fraction of sp³-hybridized carbons (Fsp3) is 0.500. The van der Waals surface area contributed by atoms with Crippen molar-refractivity contribution < 1.29 is 22.8 Å². The fourth-order valence-electron chi connectivity index (χ4n) is 4.04. The highest BCUT2D eigenvalue weighted by atomic mass is 19.1. The van der Waals surface area contributed by atoms with Gasteiger partial charge in [0.25, 0.3) is 0 Å². The van der Waals surface area contributed by atoms with Gasteiger partial charge < -0.3 is 14.2 Å². The molecule has 0 unspecified atom stereocenters. The summed E-state index contributed by atoms with van der Waals surface area (Å²) < 4.78 is 38.0. The monoisotopic (exact) mass is 376 g/mol. The van der Waals surface area contributed by atoms with E-state index in [4.69, 9.17) is 9.26 Å². The lowest BCUT2D eigenvalue weighted by Crippen LogP contribution is -2.47. The van der Waals surface area contributed by atoms with Gasteiger partial charge in [0.15, 0.2) is 0 Å². The van der Waals surface area contributed by atoms with Gasteiger partial charge >= 0.3 is 0 Å². The average molecular weight is 376 g/mol. The molecule has 144 valence electrons. The van der Waals surface area contributed by atoms with E-state index in [9.17, 15) is 13.6 Å². The highest BCUT2D eigenvalue weighted by Crippen LogP contribution is 2.38. The first-order chi connectivity index (χ1) is 13.1. The van der Waals surface area contributed by atoms with Gasteiger partial charge in [-0.05, 0) is 37.8 Å². The van der Waals surface area contributed by atoms with Crippen molar-refractivity contribution >= 4 is 5.91 Å². The summed E-state index contributed by atoms with van der Waals surface area (Å²) in [5.41, 5.74) is -0.0857. The summed E-state index contributed by atoms with van der Waals surface area (Å²) >= 11 is 0. The highest BCUT2D eigenvalue weighted by Gasteiger charge is 2.44. The molecule has 5 nitrogen and oxygen atoms in total. The van der Waals surface area contributed by atoms with Crippen molar-refractivity contribution in [1.29, 1.82) is 0 Å². The highest BCUT2D eigenvalue weighted by molar-refractivity contribution is 5.83. The Morgan fingerprint density at radius 2 is 1.89 bits per heavy atom. The molecule has 1 aromatic carbocycles. The number of aromatic nitrogens is 1. The van der Waals surface area contributed by atoms with Crippen LogP contribution in [0.15, 0.2) is 28.8 Å². The Labute approximate surface area is 156 Å². The predicted molar refractivity (Wildman–Crippen MR) is 93.9 cm³/mol. The lowest BCUT2D eigenvalue weighted by molar-refractivity contribution is -0.147. The second-order valence-corrected chi connectivity index (χ2v) is 7.37. The summed E-state index contributed by atoms with van der Waals surface area (Å²) in [6.07, 6.45) is 3.73. The van der Waals surface area contributed by atoms with Gasteiger partial charge in [-0.1, -0.05) is 5.16 Å². The summed E-state index contributed by atoms with van der Waals surface area (Å²) in [5.74, 6) is -0.654. The summed E-state index contributed by atoms with van der Waals surface area (Å²) in [5, 5.41) is 3.94. The summed E-state index contributed by atoms with van der Waals surface area (Å²) in [7, 11) is 0. The van der Waals surface area contributed by atoms with Crippen LogP contribution in [0.3, 0.4) is 0 Å². The summed E-state index contributed by atoms with van der Waals surface area (Å²) in [4.78, 5) is 15.1. The van der Waals surface area contributed by atoms with E-state index in [0.29, 0.717) is 43.9 Å². The molecule has 1 aromatic heterocycles. The number of amides is 1. The first kappa shape index (κ1) is 18.1. The third-order valence-electron chi connectivity index (χ3n) is 5.58. The number of carbonyl (C=O) groups excluding carboxylic acids is 1. The Morgan fingerprint density at radius 1 is 1.15 bits per heavy atom. The zero-order valence-corrected chi connectivity index (χ0v) is 15.0. The molecule has 0 bridgehead atoms. The van der Waals surface area contributed by atoms with E-state index in [-0.39, 0.29) is 11.5 Å². The van der Waals surface area contributed by atoms with E-state index in [2.05, 4.69) is 5.16 Å². The van der Waals surface area contributed by atoms with Crippen LogP contribution >= 0.6 is 0 Å². The Balaban J connectivity index is 1.58. The molecule has 2 fully saturated rings. The summed E-state index contributed by atoms with van der Waals surface area (Å²) in [6, 6.07) is 4.99. The molecule has 2 aliphatic rings. The number of rotatable bonds is 4. The minimum atomic E-state index is -0.691. The minimum Gasteiger partial charge on any atom is -0.381 e. The molecule has 4 rings (SSSR count). The van der Waals surface area contributed by atoms with E-state index in [1.807, 2.05) is 4.90 Å². The third kappa shape index (κ3) is 3.60. The number of hydrogen-bond acceptors (Lipinski definition) is 4. The van der Waals surface area contributed by atoms with Crippen molar-refractivity contribution in [3.63, 3.8) is 0 Å². The fourth-order valence-corrected chi connectivity index (χ4v) is 4.04. The molecule has 2 aromatic rings. The van der Waals surface area contributed by atoms with Crippen LogP contribution < -0.4 is 0 Å². The van der Waals surface area contributed by atoms with E-state index in [0.717, 1.165) is 32.0 Å². The molecule has 0 N–H and O–H groups in total. The molecule has 3 heterocycles. The average Bonchev–Trinajstić information content (AvgIpc) is 3.34. The van der Waals surface area contributed by atoms with Gasteiger partial charge in [0.2, 0.25) is 5.91 Å². The maximum atomic E-state index is 14.0. The molecule has 0 saturated carbocycles. The molecular weight excluding hydrogens is 354 g/mol. The topological polar surface area (TPSA) is 55.6 Å². The predicted octanol–water partition coefficient (Wildman–Crippen LogP) is 3.58. The Hall–Kier alpha value is -2.28. The number of carbonyl (C=O) groups is 1. The van der Waals surface area contributed by atoms with Crippen LogP contribution in [0.1, 0.15) is 31.4 Å². The van der Waals surface area contributed by atoms with Crippen LogP contribution in [-0.2, 0) is 16.0 Å². The molecule has 27 heavy (non-hydrogen) atoms. The minimum absolute atomic E-state index is 0.147. The third-order valence-corrected chi connectivity index (χ3v) is 5.58. The van der Waals surface area contributed by atoms with Gasteiger partial charge in [-0.2, -0.15) is 0 Å². The smallest absolute Gasteiger partial charge is 0.229 e. The number of nitrogens with zero attached hydrogens (tertiary/aromatic N) is 2. The van der Waals surface area contributed by atoms with Gasteiger partial charge in [0.1, 0.15) is 23.1 Å². The van der Waals surface area contributed by atoms with E-state index < -0.39 is 17.0 Å². The van der Waals surface area contributed by atoms with Crippen LogP contribution in [0.4, 0.5) is 8.78 Å². The number of likely N-dealkylation sites (tertiary alicyclic amines) is 1. The van der Waals surface area contributed by atoms with Gasteiger partial charge in [-0.25, -0.2) is 8.78 Å². The number of hydrogen-bond donors (Lipinski definition) is 0. The maximum Gasteiger partial charge on any atom is 0.229 e. The molecule has 2 saturated heterocycles. The zero-order valence-electron chi connectivity index (χ0n) is 15.0. The zero-order chi connectivity index (χ0) is 18.9. The maximum absolute atomic E-state index is 14.0. The standard InChI is InChI=1S/C20H22F2N2O3/c21-14-3-4-16(17(22)11-14)18-12-15(27-23-18)13-20(5-9-26-10-6-20)19(25)24-7-1-2-8-24/h3-4,11-12H,1-2,5-10,13H2. The van der Waals surface area contributed by atoms with Gasteiger partial charge in [0, 0.05) is 50.4 Å². The Morgan fingerprint density at radius 3 is 2.59 bits per heavy atom. The Bertz CT molecular complexity index is 824. The van der Waals surface area contributed by atoms with Crippen molar-refractivity contribution in [1.82, 2.24) is 10.1 Å². The van der Waals surface area contributed by atoms with Crippen LogP contribution in [0, 0.1) is 17.0 Å². The lowest BCUT2D eigenvalue weighted by atomic mass is 9.75. The van der Waals surface area contributed by atoms with Crippen LogP contribution in [0.2, 0.25) is 0 Å². The van der Waals surface area contributed by atoms with Crippen LogP contribution in [0.25, 0.3) is 11.3 Å². The van der Waals surface area contributed by atoms with Crippen LogP contribution in [-0.4, -0.2) is 42.3 Å². The van der Waals surface area contributed by atoms with Crippen molar-refractivity contribution in [3.05, 3.63) is 41.7 Å². The quantitative estimate of drug-likeness (QED) is 0.818. The first-order valence-electron chi connectivity index (χ1n) is 9.36. The number of benzene rings is 1. The number of ether oxygens (including phenoxy) is 1. The Kier molecular flexibility index (Phi) is 4.95. The summed E-state index contributed by atoms with van der Waals surface area (Å²) in [6.45, 7) is 2.66. The van der Waals surface area contributed by atoms with Gasteiger partial charge in [-0.15, -0.1) is 0 Å². The second-order valence-electron chi connectivity index (χ2n) is 7.37. The van der Waals surface area contributed by atoms with Crippen molar-refractivity contribution in [2.45, 2.75) is 32.1 Å². The largest absolute Gasteiger partial charge is 0.381 e. The van der Waals surface area contributed by atoms with Gasteiger partial charge in [-0.3, -0.25) is 4.79 Å². The molecule has 7 heteroatoms. The molecule has 0 spiro atoms. The number of halogens is 2. The molecule has 0 aliphatic carbocycles. The molecule has 2 aliphatic heterocycles. The second kappa shape index (κ2) is 7.38.